The number of nitrogen functional groups attached to an aromatic ring is 1. The summed E-state index contributed by atoms with van der Waals surface area (Å²) in [4.78, 5) is 15.9. The highest BCUT2D eigenvalue weighted by atomic mass is 32.1. The summed E-state index contributed by atoms with van der Waals surface area (Å²) in [5.41, 5.74) is 8.44. The molecular formula is C17H21N3OS. The Morgan fingerprint density at radius 1 is 1.32 bits per heavy atom. The van der Waals surface area contributed by atoms with Crippen molar-refractivity contribution in [1.29, 1.82) is 0 Å². The lowest BCUT2D eigenvalue weighted by Gasteiger charge is -2.28. The molecule has 1 aliphatic rings. The molecule has 0 spiro atoms. The van der Waals surface area contributed by atoms with E-state index in [-0.39, 0.29) is 11.8 Å². The highest BCUT2D eigenvalue weighted by molar-refractivity contribution is 7.13. The first-order valence-corrected chi connectivity index (χ1v) is 8.44. The fraction of sp³-hybridized carbons (Fsp3) is 0.353. The van der Waals surface area contributed by atoms with Crippen LogP contribution < -0.4 is 11.1 Å². The lowest BCUT2D eigenvalue weighted by atomic mass is 9.96. The largest absolute Gasteiger partial charge is 0.397 e. The van der Waals surface area contributed by atoms with E-state index in [0.29, 0.717) is 5.69 Å². The van der Waals surface area contributed by atoms with Crippen LogP contribution in [-0.2, 0) is 4.79 Å². The summed E-state index contributed by atoms with van der Waals surface area (Å²) < 4.78 is 0. The minimum atomic E-state index is 0.0843. The summed E-state index contributed by atoms with van der Waals surface area (Å²) in [6, 6.07) is 9.91. The molecule has 4 nitrogen and oxygen atoms in total. The van der Waals surface area contributed by atoms with Crippen LogP contribution in [0.4, 0.5) is 11.4 Å². The van der Waals surface area contributed by atoms with E-state index in [9.17, 15) is 4.79 Å². The van der Waals surface area contributed by atoms with Gasteiger partial charge in [0.05, 0.1) is 11.4 Å². The van der Waals surface area contributed by atoms with Crippen molar-refractivity contribution in [2.45, 2.75) is 12.8 Å². The molecule has 3 N–H and O–H groups in total. The molecule has 0 saturated carbocycles. The summed E-state index contributed by atoms with van der Waals surface area (Å²) in [7, 11) is 2.09. The zero-order chi connectivity index (χ0) is 15.5. The summed E-state index contributed by atoms with van der Waals surface area (Å²) in [6.07, 6.45) is 1.82. The zero-order valence-electron chi connectivity index (χ0n) is 12.7. The third-order valence-electron chi connectivity index (χ3n) is 4.21. The Kier molecular flexibility index (Phi) is 4.45. The van der Waals surface area contributed by atoms with Crippen molar-refractivity contribution < 1.29 is 4.79 Å². The van der Waals surface area contributed by atoms with E-state index < -0.39 is 0 Å². The number of nitrogens with zero attached hydrogens (tertiary/aromatic N) is 1. The highest BCUT2D eigenvalue weighted by Crippen LogP contribution is 2.30. The predicted molar refractivity (Wildman–Crippen MR) is 93.0 cm³/mol. The molecular weight excluding hydrogens is 294 g/mol. The summed E-state index contributed by atoms with van der Waals surface area (Å²) in [6.45, 7) is 1.95. The van der Waals surface area contributed by atoms with Crippen molar-refractivity contribution in [2.24, 2.45) is 5.92 Å². The van der Waals surface area contributed by atoms with E-state index in [1.807, 2.05) is 29.6 Å². The Morgan fingerprint density at radius 3 is 2.77 bits per heavy atom. The van der Waals surface area contributed by atoms with Gasteiger partial charge in [-0.1, -0.05) is 12.1 Å². The molecule has 1 fully saturated rings. The maximum atomic E-state index is 12.4. The van der Waals surface area contributed by atoms with E-state index >= 15 is 0 Å². The van der Waals surface area contributed by atoms with Gasteiger partial charge in [-0.15, -0.1) is 11.3 Å². The van der Waals surface area contributed by atoms with Crippen LogP contribution in [-0.4, -0.2) is 30.9 Å². The number of thiophene rings is 1. The quantitative estimate of drug-likeness (QED) is 0.855. The number of carbonyl (C=O) groups excluding carboxylic acids is 1. The van der Waals surface area contributed by atoms with E-state index in [4.69, 9.17) is 5.73 Å². The number of hydrogen-bond acceptors (Lipinski definition) is 4. The molecule has 116 valence electrons. The van der Waals surface area contributed by atoms with E-state index in [1.54, 1.807) is 11.3 Å². The second kappa shape index (κ2) is 6.50. The Labute approximate surface area is 134 Å². The first kappa shape index (κ1) is 15.1. The van der Waals surface area contributed by atoms with Gasteiger partial charge < -0.3 is 16.0 Å². The first-order valence-electron chi connectivity index (χ1n) is 7.56. The molecule has 0 unspecified atom stereocenters. The van der Waals surface area contributed by atoms with Crippen LogP contribution in [0.2, 0.25) is 0 Å². The van der Waals surface area contributed by atoms with Crippen molar-refractivity contribution in [1.82, 2.24) is 4.90 Å². The summed E-state index contributed by atoms with van der Waals surface area (Å²) >= 11 is 1.68. The topological polar surface area (TPSA) is 58.4 Å². The average Bonchev–Trinajstić information content (AvgIpc) is 3.04. The van der Waals surface area contributed by atoms with Gasteiger partial charge in [0.1, 0.15) is 0 Å². The van der Waals surface area contributed by atoms with Crippen LogP contribution >= 0.6 is 11.3 Å². The molecule has 1 aromatic heterocycles. The lowest BCUT2D eigenvalue weighted by molar-refractivity contribution is -0.121. The minimum Gasteiger partial charge on any atom is -0.397 e. The van der Waals surface area contributed by atoms with Crippen molar-refractivity contribution in [2.75, 3.05) is 31.2 Å². The normalized spacial score (nSPS) is 16.6. The predicted octanol–water partition coefficient (Wildman–Crippen LogP) is 3.28. The fourth-order valence-corrected chi connectivity index (χ4v) is 3.49. The summed E-state index contributed by atoms with van der Waals surface area (Å²) in [5, 5.41) is 5.06. The van der Waals surface area contributed by atoms with Gasteiger partial charge in [0.15, 0.2) is 0 Å². The Morgan fingerprint density at radius 2 is 2.09 bits per heavy atom. The molecule has 1 aromatic carbocycles. The Bertz CT molecular complexity index is 646. The number of likely N-dealkylation sites (tertiary alicyclic amines) is 1. The van der Waals surface area contributed by atoms with Gasteiger partial charge in [0, 0.05) is 10.8 Å². The van der Waals surface area contributed by atoms with Gasteiger partial charge in [0.25, 0.3) is 0 Å². The van der Waals surface area contributed by atoms with Crippen LogP contribution in [0.25, 0.3) is 10.4 Å². The smallest absolute Gasteiger partial charge is 0.227 e. The lowest BCUT2D eigenvalue weighted by Crippen LogP contribution is -2.36. The number of piperidine rings is 1. The molecule has 2 heterocycles. The number of amides is 1. The molecule has 0 radical (unpaired) electrons. The summed E-state index contributed by atoms with van der Waals surface area (Å²) in [5.74, 6) is 0.170. The molecule has 5 heteroatoms. The van der Waals surface area contributed by atoms with Gasteiger partial charge in [-0.25, -0.2) is 0 Å². The maximum Gasteiger partial charge on any atom is 0.227 e. The molecule has 3 rings (SSSR count). The molecule has 2 aromatic rings. The number of nitrogens with one attached hydrogen (secondary N) is 1. The Hall–Kier alpha value is -1.85. The van der Waals surface area contributed by atoms with Crippen LogP contribution in [0.5, 0.6) is 0 Å². The van der Waals surface area contributed by atoms with Crippen molar-refractivity contribution in [3.63, 3.8) is 0 Å². The molecule has 1 aliphatic heterocycles. The number of nitrogens with two attached hydrogens (primary N) is 1. The van der Waals surface area contributed by atoms with Crippen LogP contribution in [0, 0.1) is 5.92 Å². The molecule has 22 heavy (non-hydrogen) atoms. The standard InChI is InChI=1S/C17H21N3OS/c1-20-8-6-12(7-9-20)17(21)19-15-11-13(4-5-14(15)18)16-3-2-10-22-16/h2-5,10-12H,6-9,18H2,1H3,(H,19,21). The van der Waals surface area contributed by atoms with Gasteiger partial charge in [-0.3, -0.25) is 4.79 Å². The van der Waals surface area contributed by atoms with Crippen LogP contribution in [0.15, 0.2) is 35.7 Å². The van der Waals surface area contributed by atoms with Crippen molar-refractivity contribution in [3.8, 4) is 10.4 Å². The van der Waals surface area contributed by atoms with Crippen LogP contribution in [0.1, 0.15) is 12.8 Å². The molecule has 0 bridgehead atoms. The van der Waals surface area contributed by atoms with Gasteiger partial charge >= 0.3 is 0 Å². The zero-order valence-corrected chi connectivity index (χ0v) is 13.5. The fourth-order valence-electron chi connectivity index (χ4n) is 2.77. The third kappa shape index (κ3) is 3.31. The second-order valence-electron chi connectivity index (χ2n) is 5.85. The van der Waals surface area contributed by atoms with Crippen LogP contribution in [0.3, 0.4) is 0 Å². The van der Waals surface area contributed by atoms with Gasteiger partial charge in [-0.05, 0) is 62.1 Å². The molecule has 0 aliphatic carbocycles. The number of hydrogen-bond donors (Lipinski definition) is 2. The maximum absolute atomic E-state index is 12.4. The molecule has 1 amide bonds. The van der Waals surface area contributed by atoms with Gasteiger partial charge in [0.2, 0.25) is 5.91 Å². The number of carbonyl (C=O) groups is 1. The Balaban J connectivity index is 1.74. The van der Waals surface area contributed by atoms with E-state index in [0.717, 1.165) is 37.2 Å². The third-order valence-corrected chi connectivity index (χ3v) is 5.13. The number of benzene rings is 1. The molecule has 1 saturated heterocycles. The van der Waals surface area contributed by atoms with E-state index in [1.165, 1.54) is 4.88 Å². The van der Waals surface area contributed by atoms with Gasteiger partial charge in [-0.2, -0.15) is 0 Å². The average molecular weight is 315 g/mol. The monoisotopic (exact) mass is 315 g/mol. The second-order valence-corrected chi connectivity index (χ2v) is 6.79. The SMILES string of the molecule is CN1CCC(C(=O)Nc2cc(-c3cccs3)ccc2N)CC1. The highest BCUT2D eigenvalue weighted by Gasteiger charge is 2.23. The number of anilines is 2. The van der Waals surface area contributed by atoms with Crippen molar-refractivity contribution in [3.05, 3.63) is 35.7 Å². The van der Waals surface area contributed by atoms with Crippen molar-refractivity contribution >= 4 is 28.6 Å². The minimum absolute atomic E-state index is 0.0843. The molecule has 0 atom stereocenters. The first-order chi connectivity index (χ1) is 10.6. The van der Waals surface area contributed by atoms with E-state index in [2.05, 4.69) is 23.3 Å². The number of rotatable bonds is 3.